The van der Waals surface area contributed by atoms with Crippen molar-refractivity contribution in [2.75, 3.05) is 6.61 Å². The molecule has 0 atom stereocenters. The van der Waals surface area contributed by atoms with Crippen molar-refractivity contribution >= 4 is 0 Å². The van der Waals surface area contributed by atoms with Gasteiger partial charge in [0.2, 0.25) is 0 Å². The number of nitrogens with zero attached hydrogens (tertiary/aromatic N) is 2. The maximum atomic E-state index is 8.84. The Balaban J connectivity index is 2.15. The summed E-state index contributed by atoms with van der Waals surface area (Å²) in [5.41, 5.74) is 1.02. The van der Waals surface area contributed by atoms with Gasteiger partial charge < -0.3 is 9.67 Å². The largest absolute Gasteiger partial charge is 0.396 e. The van der Waals surface area contributed by atoms with Gasteiger partial charge in [-0.05, 0) is 12.8 Å². The molecule has 0 aromatic carbocycles. The van der Waals surface area contributed by atoms with Crippen LogP contribution >= 0.6 is 0 Å². The third kappa shape index (κ3) is 1.82. The van der Waals surface area contributed by atoms with Gasteiger partial charge in [-0.3, -0.25) is 0 Å². The van der Waals surface area contributed by atoms with E-state index in [0.717, 1.165) is 5.69 Å². The highest BCUT2D eigenvalue weighted by atomic mass is 16.3. The van der Waals surface area contributed by atoms with E-state index in [9.17, 15) is 0 Å². The predicted molar refractivity (Wildman–Crippen MR) is 55.2 cm³/mol. The van der Waals surface area contributed by atoms with Crippen LogP contribution in [0.5, 0.6) is 0 Å². The number of aliphatic hydroxyl groups is 1. The molecule has 78 valence electrons. The number of rotatable bonds is 3. The first-order valence-electron chi connectivity index (χ1n) is 5.44. The number of aromatic nitrogens is 2. The molecular weight excluding hydrogens is 176 g/mol. The van der Waals surface area contributed by atoms with Crippen molar-refractivity contribution in [2.24, 2.45) is 7.05 Å². The molecule has 1 heterocycles. The van der Waals surface area contributed by atoms with E-state index in [4.69, 9.17) is 5.11 Å². The molecule has 1 aromatic rings. The van der Waals surface area contributed by atoms with Gasteiger partial charge in [-0.2, -0.15) is 0 Å². The molecule has 1 aliphatic carbocycles. The summed E-state index contributed by atoms with van der Waals surface area (Å²) in [6, 6.07) is 0. The molecule has 2 rings (SSSR count). The molecular formula is C11H18N2O. The first-order chi connectivity index (χ1) is 6.81. The molecule has 1 aliphatic rings. The summed E-state index contributed by atoms with van der Waals surface area (Å²) in [6.45, 7) is 0.196. The van der Waals surface area contributed by atoms with Crippen molar-refractivity contribution in [1.29, 1.82) is 0 Å². The van der Waals surface area contributed by atoms with E-state index in [1.165, 1.54) is 31.5 Å². The van der Waals surface area contributed by atoms with Gasteiger partial charge in [-0.1, -0.05) is 12.8 Å². The first-order valence-corrected chi connectivity index (χ1v) is 5.44. The van der Waals surface area contributed by atoms with E-state index in [1.807, 2.05) is 6.20 Å². The summed E-state index contributed by atoms with van der Waals surface area (Å²) in [4.78, 5) is 4.58. The Bertz CT molecular complexity index is 300. The average Bonchev–Trinajstić information content (AvgIpc) is 2.74. The lowest BCUT2D eigenvalue weighted by Gasteiger charge is -2.07. The Morgan fingerprint density at radius 1 is 1.50 bits per heavy atom. The van der Waals surface area contributed by atoms with Crippen LogP contribution in [0.2, 0.25) is 0 Å². The van der Waals surface area contributed by atoms with E-state index in [-0.39, 0.29) is 6.61 Å². The molecule has 0 bridgehead atoms. The van der Waals surface area contributed by atoms with E-state index in [1.54, 1.807) is 0 Å². The zero-order valence-corrected chi connectivity index (χ0v) is 8.74. The van der Waals surface area contributed by atoms with Crippen LogP contribution in [0, 0.1) is 0 Å². The van der Waals surface area contributed by atoms with Gasteiger partial charge in [0.1, 0.15) is 5.82 Å². The minimum absolute atomic E-state index is 0.196. The Kier molecular flexibility index (Phi) is 2.87. The SMILES string of the molecule is Cn1cc(CCO)nc1C1CCCC1. The summed E-state index contributed by atoms with van der Waals surface area (Å²) >= 11 is 0. The van der Waals surface area contributed by atoms with Gasteiger partial charge in [0.15, 0.2) is 0 Å². The maximum absolute atomic E-state index is 8.84. The quantitative estimate of drug-likeness (QED) is 0.794. The molecule has 0 amide bonds. The van der Waals surface area contributed by atoms with Crippen molar-refractivity contribution in [3.63, 3.8) is 0 Å². The van der Waals surface area contributed by atoms with Gasteiger partial charge in [0.05, 0.1) is 5.69 Å². The zero-order chi connectivity index (χ0) is 9.97. The summed E-state index contributed by atoms with van der Waals surface area (Å²) in [5, 5.41) is 8.84. The molecule has 0 spiro atoms. The number of hydrogen-bond acceptors (Lipinski definition) is 2. The Labute approximate surface area is 84.8 Å². The molecule has 1 fully saturated rings. The van der Waals surface area contributed by atoms with Gasteiger partial charge in [-0.25, -0.2) is 4.98 Å². The van der Waals surface area contributed by atoms with Crippen LogP contribution in [0.25, 0.3) is 0 Å². The second-order valence-corrected chi connectivity index (χ2v) is 4.16. The van der Waals surface area contributed by atoms with Gasteiger partial charge in [-0.15, -0.1) is 0 Å². The summed E-state index contributed by atoms with van der Waals surface area (Å²) in [7, 11) is 2.06. The third-order valence-corrected chi connectivity index (χ3v) is 3.05. The average molecular weight is 194 g/mol. The van der Waals surface area contributed by atoms with Crippen LogP contribution in [0.3, 0.4) is 0 Å². The lowest BCUT2D eigenvalue weighted by atomic mass is 10.1. The zero-order valence-electron chi connectivity index (χ0n) is 8.74. The number of aliphatic hydroxyl groups excluding tert-OH is 1. The predicted octanol–water partition coefficient (Wildman–Crippen LogP) is 1.61. The van der Waals surface area contributed by atoms with Crippen molar-refractivity contribution in [2.45, 2.75) is 38.0 Å². The van der Waals surface area contributed by atoms with Crippen LogP contribution in [-0.2, 0) is 13.5 Å². The normalized spacial score (nSPS) is 17.9. The number of hydrogen-bond donors (Lipinski definition) is 1. The van der Waals surface area contributed by atoms with Gasteiger partial charge >= 0.3 is 0 Å². The molecule has 0 unspecified atom stereocenters. The fraction of sp³-hybridized carbons (Fsp3) is 0.727. The highest BCUT2D eigenvalue weighted by molar-refractivity contribution is 5.09. The number of imidazole rings is 1. The Morgan fingerprint density at radius 2 is 2.21 bits per heavy atom. The minimum Gasteiger partial charge on any atom is -0.396 e. The van der Waals surface area contributed by atoms with Crippen molar-refractivity contribution in [3.05, 3.63) is 17.7 Å². The Hall–Kier alpha value is -0.830. The minimum atomic E-state index is 0.196. The van der Waals surface area contributed by atoms with Gasteiger partial charge in [0, 0.05) is 32.2 Å². The maximum Gasteiger partial charge on any atom is 0.111 e. The molecule has 1 saturated carbocycles. The van der Waals surface area contributed by atoms with E-state index < -0.39 is 0 Å². The summed E-state index contributed by atoms with van der Waals surface area (Å²) in [5.74, 6) is 1.87. The molecule has 0 aliphatic heterocycles. The standard InChI is InChI=1S/C11H18N2O/c1-13-8-10(6-7-14)12-11(13)9-4-2-3-5-9/h8-9,14H,2-7H2,1H3. The fourth-order valence-electron chi connectivity index (χ4n) is 2.34. The summed E-state index contributed by atoms with van der Waals surface area (Å²) in [6.07, 6.45) is 7.97. The van der Waals surface area contributed by atoms with Crippen LogP contribution in [0.1, 0.15) is 43.1 Å². The molecule has 0 saturated heterocycles. The second kappa shape index (κ2) is 4.13. The van der Waals surface area contributed by atoms with Crippen LogP contribution in [0.15, 0.2) is 6.20 Å². The highest BCUT2D eigenvalue weighted by Gasteiger charge is 2.21. The molecule has 1 aromatic heterocycles. The molecule has 1 N–H and O–H groups in total. The van der Waals surface area contributed by atoms with E-state index in [2.05, 4.69) is 16.6 Å². The lowest BCUT2D eigenvalue weighted by molar-refractivity contribution is 0.298. The topological polar surface area (TPSA) is 38.0 Å². The first kappa shape index (κ1) is 9.71. The van der Waals surface area contributed by atoms with Crippen molar-refractivity contribution in [3.8, 4) is 0 Å². The van der Waals surface area contributed by atoms with E-state index >= 15 is 0 Å². The lowest BCUT2D eigenvalue weighted by Crippen LogP contribution is -2.01. The second-order valence-electron chi connectivity index (χ2n) is 4.16. The summed E-state index contributed by atoms with van der Waals surface area (Å²) < 4.78 is 2.13. The van der Waals surface area contributed by atoms with Crippen LogP contribution in [0.4, 0.5) is 0 Å². The fourth-order valence-corrected chi connectivity index (χ4v) is 2.34. The Morgan fingerprint density at radius 3 is 2.86 bits per heavy atom. The van der Waals surface area contributed by atoms with Crippen LogP contribution < -0.4 is 0 Å². The van der Waals surface area contributed by atoms with Gasteiger partial charge in [0.25, 0.3) is 0 Å². The number of aryl methyl sites for hydroxylation is 1. The third-order valence-electron chi connectivity index (χ3n) is 3.05. The molecule has 3 heteroatoms. The molecule has 0 radical (unpaired) electrons. The van der Waals surface area contributed by atoms with Crippen molar-refractivity contribution < 1.29 is 5.11 Å². The van der Waals surface area contributed by atoms with Crippen LogP contribution in [-0.4, -0.2) is 21.3 Å². The molecule has 14 heavy (non-hydrogen) atoms. The smallest absolute Gasteiger partial charge is 0.111 e. The van der Waals surface area contributed by atoms with Crippen molar-refractivity contribution in [1.82, 2.24) is 9.55 Å². The van der Waals surface area contributed by atoms with E-state index in [0.29, 0.717) is 12.3 Å². The monoisotopic (exact) mass is 194 g/mol. The molecule has 3 nitrogen and oxygen atoms in total. The highest BCUT2D eigenvalue weighted by Crippen LogP contribution is 2.33.